The van der Waals surface area contributed by atoms with E-state index in [1.807, 2.05) is 6.92 Å². The van der Waals surface area contributed by atoms with Gasteiger partial charge < -0.3 is 5.32 Å². The first kappa shape index (κ1) is 17.1. The molecule has 1 N–H and O–H groups in total. The van der Waals surface area contributed by atoms with Gasteiger partial charge >= 0.3 is 0 Å². The predicted molar refractivity (Wildman–Crippen MR) is 86.2 cm³/mol. The number of sulfone groups is 1. The lowest BCUT2D eigenvalue weighted by molar-refractivity contribution is -0.121. The van der Waals surface area contributed by atoms with Crippen LogP contribution in [0.1, 0.15) is 24.1 Å². The average molecular weight is 335 g/mol. The maximum Gasteiger partial charge on any atom is 0.224 e. The van der Waals surface area contributed by atoms with Gasteiger partial charge in [-0.25, -0.2) is 12.8 Å². The maximum atomic E-state index is 12.8. The number of nitrogens with one attached hydrogen (secondary N) is 1. The van der Waals surface area contributed by atoms with E-state index in [1.54, 1.807) is 24.3 Å². The summed E-state index contributed by atoms with van der Waals surface area (Å²) in [5.41, 5.74) is 1.54. The fourth-order valence-electron chi connectivity index (χ4n) is 2.17. The summed E-state index contributed by atoms with van der Waals surface area (Å²) in [5, 5.41) is 2.84. The third kappa shape index (κ3) is 4.89. The second-order valence-electron chi connectivity index (χ2n) is 5.43. The van der Waals surface area contributed by atoms with Crippen molar-refractivity contribution in [2.24, 2.45) is 0 Å². The summed E-state index contributed by atoms with van der Waals surface area (Å²) in [6.07, 6.45) is 1.31. The summed E-state index contributed by atoms with van der Waals surface area (Å²) in [7, 11) is -3.23. The molecule has 1 atom stereocenters. The smallest absolute Gasteiger partial charge is 0.224 e. The molecule has 0 bridgehead atoms. The third-order valence-corrected chi connectivity index (χ3v) is 4.59. The molecular formula is C17H18FNO3S. The van der Waals surface area contributed by atoms with Gasteiger partial charge in [0, 0.05) is 6.26 Å². The van der Waals surface area contributed by atoms with Crippen molar-refractivity contribution < 1.29 is 17.6 Å². The monoisotopic (exact) mass is 335 g/mol. The van der Waals surface area contributed by atoms with E-state index in [0.717, 1.165) is 17.4 Å². The second kappa shape index (κ2) is 6.91. The first-order valence-electron chi connectivity index (χ1n) is 7.09. The molecule has 0 saturated heterocycles. The number of carbonyl (C=O) groups excluding carboxylic acids is 1. The number of rotatable bonds is 5. The molecule has 0 aliphatic heterocycles. The fourth-order valence-corrected chi connectivity index (χ4v) is 2.80. The number of halogens is 1. The zero-order valence-corrected chi connectivity index (χ0v) is 13.7. The maximum absolute atomic E-state index is 12.8. The van der Waals surface area contributed by atoms with Crippen LogP contribution >= 0.6 is 0 Å². The Morgan fingerprint density at radius 2 is 1.65 bits per heavy atom. The van der Waals surface area contributed by atoms with E-state index in [0.29, 0.717) is 0 Å². The van der Waals surface area contributed by atoms with Gasteiger partial charge in [-0.15, -0.1) is 0 Å². The Kier molecular flexibility index (Phi) is 5.15. The lowest BCUT2D eigenvalue weighted by atomic mass is 10.1. The Balaban J connectivity index is 1.99. The van der Waals surface area contributed by atoms with E-state index in [4.69, 9.17) is 0 Å². The van der Waals surface area contributed by atoms with E-state index >= 15 is 0 Å². The largest absolute Gasteiger partial charge is 0.349 e. The molecule has 0 aliphatic rings. The summed E-state index contributed by atoms with van der Waals surface area (Å²) >= 11 is 0. The predicted octanol–water partition coefficient (Wildman–Crippen LogP) is 2.65. The van der Waals surface area contributed by atoms with Crippen LogP contribution in [0.5, 0.6) is 0 Å². The molecule has 6 heteroatoms. The van der Waals surface area contributed by atoms with E-state index < -0.39 is 9.84 Å². The summed E-state index contributed by atoms with van der Waals surface area (Å²) < 4.78 is 35.7. The molecule has 23 heavy (non-hydrogen) atoms. The quantitative estimate of drug-likeness (QED) is 0.914. The van der Waals surface area contributed by atoms with Crippen LogP contribution in [0.25, 0.3) is 0 Å². The van der Waals surface area contributed by atoms with Crippen molar-refractivity contribution >= 4 is 15.7 Å². The molecule has 0 radical (unpaired) electrons. The molecule has 0 heterocycles. The zero-order chi connectivity index (χ0) is 17.0. The van der Waals surface area contributed by atoms with Crippen LogP contribution in [-0.2, 0) is 21.1 Å². The SMILES string of the molecule is CC(NC(=O)Cc1ccc(F)cc1)c1ccc(S(C)(=O)=O)cc1. The highest BCUT2D eigenvalue weighted by molar-refractivity contribution is 7.90. The third-order valence-electron chi connectivity index (χ3n) is 3.46. The van der Waals surface area contributed by atoms with Gasteiger partial charge in [-0.2, -0.15) is 0 Å². The molecule has 0 saturated carbocycles. The van der Waals surface area contributed by atoms with Crippen molar-refractivity contribution in [3.8, 4) is 0 Å². The van der Waals surface area contributed by atoms with E-state index in [9.17, 15) is 17.6 Å². The van der Waals surface area contributed by atoms with Crippen LogP contribution in [0.15, 0.2) is 53.4 Å². The van der Waals surface area contributed by atoms with Crippen molar-refractivity contribution in [2.75, 3.05) is 6.26 Å². The number of carbonyl (C=O) groups is 1. The molecule has 4 nitrogen and oxygen atoms in total. The summed E-state index contributed by atoms with van der Waals surface area (Å²) in [6.45, 7) is 1.82. The van der Waals surface area contributed by atoms with Crippen molar-refractivity contribution in [2.45, 2.75) is 24.3 Å². The summed E-state index contributed by atoms with van der Waals surface area (Å²) in [5.74, 6) is -0.523. The molecule has 1 amide bonds. The first-order chi connectivity index (χ1) is 10.8. The van der Waals surface area contributed by atoms with Gasteiger partial charge in [-0.1, -0.05) is 24.3 Å². The minimum atomic E-state index is -3.23. The fraction of sp³-hybridized carbons (Fsp3) is 0.235. The van der Waals surface area contributed by atoms with Crippen LogP contribution in [0.4, 0.5) is 4.39 Å². The standard InChI is InChI=1S/C17H18FNO3S/c1-12(14-5-9-16(10-6-14)23(2,21)22)19-17(20)11-13-3-7-15(18)8-4-13/h3-10,12H,11H2,1-2H3,(H,19,20). The summed E-state index contributed by atoms with van der Waals surface area (Å²) in [4.78, 5) is 12.2. The normalized spacial score (nSPS) is 12.7. The second-order valence-corrected chi connectivity index (χ2v) is 7.45. The van der Waals surface area contributed by atoms with Crippen molar-refractivity contribution in [3.63, 3.8) is 0 Å². The topological polar surface area (TPSA) is 63.2 Å². The van der Waals surface area contributed by atoms with Crippen LogP contribution in [0.3, 0.4) is 0 Å². The molecule has 2 rings (SSSR count). The highest BCUT2D eigenvalue weighted by Crippen LogP contribution is 2.16. The van der Waals surface area contributed by atoms with Gasteiger partial charge in [0.1, 0.15) is 5.82 Å². The van der Waals surface area contributed by atoms with Gasteiger partial charge in [-0.05, 0) is 42.3 Å². The van der Waals surface area contributed by atoms with Crippen LogP contribution in [-0.4, -0.2) is 20.6 Å². The van der Waals surface area contributed by atoms with Crippen molar-refractivity contribution in [1.82, 2.24) is 5.32 Å². The highest BCUT2D eigenvalue weighted by atomic mass is 32.2. The first-order valence-corrected chi connectivity index (χ1v) is 8.98. The van der Waals surface area contributed by atoms with Crippen LogP contribution < -0.4 is 5.32 Å². The molecule has 0 fully saturated rings. The molecule has 2 aromatic carbocycles. The summed E-state index contributed by atoms with van der Waals surface area (Å²) in [6, 6.07) is 11.9. The van der Waals surface area contributed by atoms with Crippen molar-refractivity contribution in [1.29, 1.82) is 0 Å². The van der Waals surface area contributed by atoms with E-state index in [-0.39, 0.29) is 29.1 Å². The van der Waals surface area contributed by atoms with Gasteiger partial charge in [0.15, 0.2) is 9.84 Å². The minimum absolute atomic E-state index is 0.159. The van der Waals surface area contributed by atoms with E-state index in [2.05, 4.69) is 5.32 Å². The number of hydrogen-bond donors (Lipinski definition) is 1. The number of hydrogen-bond acceptors (Lipinski definition) is 3. The Morgan fingerprint density at radius 3 is 2.17 bits per heavy atom. The van der Waals surface area contributed by atoms with Crippen LogP contribution in [0, 0.1) is 5.82 Å². The van der Waals surface area contributed by atoms with Gasteiger partial charge in [-0.3, -0.25) is 4.79 Å². The lowest BCUT2D eigenvalue weighted by Gasteiger charge is -2.15. The van der Waals surface area contributed by atoms with Crippen molar-refractivity contribution in [3.05, 3.63) is 65.5 Å². The molecule has 0 aromatic heterocycles. The van der Waals surface area contributed by atoms with Gasteiger partial charge in [0.2, 0.25) is 5.91 Å². The van der Waals surface area contributed by atoms with E-state index in [1.165, 1.54) is 24.3 Å². The Hall–Kier alpha value is -2.21. The highest BCUT2D eigenvalue weighted by Gasteiger charge is 2.12. The molecule has 2 aromatic rings. The Morgan fingerprint density at radius 1 is 1.09 bits per heavy atom. The Bertz CT molecular complexity index is 784. The van der Waals surface area contributed by atoms with Gasteiger partial charge in [0.05, 0.1) is 17.4 Å². The number of amides is 1. The Labute approximate surface area is 135 Å². The molecule has 0 aliphatic carbocycles. The minimum Gasteiger partial charge on any atom is -0.349 e. The molecule has 0 spiro atoms. The lowest BCUT2D eigenvalue weighted by Crippen LogP contribution is -2.28. The zero-order valence-electron chi connectivity index (χ0n) is 12.9. The molecule has 122 valence electrons. The molecule has 1 unspecified atom stereocenters. The average Bonchev–Trinajstić information content (AvgIpc) is 2.49. The van der Waals surface area contributed by atoms with Gasteiger partial charge in [0.25, 0.3) is 0 Å². The van der Waals surface area contributed by atoms with Crippen LogP contribution in [0.2, 0.25) is 0 Å². The molecular weight excluding hydrogens is 317 g/mol. The number of benzene rings is 2.